The molecule has 0 spiro atoms. The molecule has 1 fully saturated rings. The van der Waals surface area contributed by atoms with Gasteiger partial charge in [-0.05, 0) is 52.2 Å². The highest BCUT2D eigenvalue weighted by Crippen LogP contribution is 2.29. The van der Waals surface area contributed by atoms with Crippen LogP contribution in [0.25, 0.3) is 0 Å². The van der Waals surface area contributed by atoms with Crippen molar-refractivity contribution in [1.82, 2.24) is 5.32 Å². The molecule has 1 saturated heterocycles. The van der Waals surface area contributed by atoms with Crippen LogP contribution in [-0.2, 0) is 19.0 Å². The normalized spacial score (nSPS) is 27.5. The van der Waals surface area contributed by atoms with Crippen molar-refractivity contribution < 1.29 is 24.1 Å². The van der Waals surface area contributed by atoms with E-state index in [1.165, 1.54) is 11.6 Å². The highest BCUT2D eigenvalue weighted by atomic mass is 16.5. The largest absolute Gasteiger partial charge is 0.479 e. The molecule has 6 nitrogen and oxygen atoms in total. The average molecular weight is 550 g/mol. The Labute approximate surface area is 241 Å². The number of hydrogen-bond donors (Lipinski definition) is 2. The van der Waals surface area contributed by atoms with Crippen molar-refractivity contribution in [2.75, 3.05) is 6.61 Å². The molecule has 40 heavy (non-hydrogen) atoms. The van der Waals surface area contributed by atoms with E-state index in [-0.39, 0.29) is 36.2 Å². The second kappa shape index (κ2) is 17.4. The zero-order valence-electron chi connectivity index (χ0n) is 24.7. The van der Waals surface area contributed by atoms with E-state index in [1.54, 1.807) is 6.08 Å². The summed E-state index contributed by atoms with van der Waals surface area (Å²) in [6, 6.07) is 0.0326. The van der Waals surface area contributed by atoms with Gasteiger partial charge in [0.05, 0.1) is 18.3 Å². The van der Waals surface area contributed by atoms with Crippen LogP contribution < -0.4 is 5.32 Å². The second-order valence-corrected chi connectivity index (χ2v) is 10.7. The summed E-state index contributed by atoms with van der Waals surface area (Å²) >= 11 is 0. The summed E-state index contributed by atoms with van der Waals surface area (Å²) in [5, 5.41) is 14.3. The zero-order valence-corrected chi connectivity index (χ0v) is 24.7. The maximum absolute atomic E-state index is 11.4. The number of carbonyl (C=O) groups excluding carboxylic acids is 1. The van der Waals surface area contributed by atoms with Gasteiger partial charge in [0.25, 0.3) is 0 Å². The fourth-order valence-electron chi connectivity index (χ4n) is 4.89. The number of aliphatic hydroxyl groups is 1. The van der Waals surface area contributed by atoms with Crippen molar-refractivity contribution in [3.8, 4) is 12.3 Å². The minimum absolute atomic E-state index is 0.0326. The minimum atomic E-state index is -0.752. The number of hydrogen-bond acceptors (Lipinski definition) is 6. The summed E-state index contributed by atoms with van der Waals surface area (Å²) in [5.74, 6) is 3.25. The van der Waals surface area contributed by atoms with Crippen molar-refractivity contribution in [3.05, 3.63) is 84.4 Å². The topological polar surface area (TPSA) is 77.0 Å². The summed E-state index contributed by atoms with van der Waals surface area (Å²) in [6.45, 7) is 14.8. The molecule has 0 radical (unpaired) electrons. The van der Waals surface area contributed by atoms with Gasteiger partial charge in [0, 0.05) is 30.9 Å². The fraction of sp³-hybridized carbons (Fsp3) is 0.500. The van der Waals surface area contributed by atoms with Gasteiger partial charge in [-0.1, -0.05) is 73.6 Å². The van der Waals surface area contributed by atoms with Gasteiger partial charge in [0.2, 0.25) is 0 Å². The molecular weight excluding hydrogens is 502 g/mol. The second-order valence-electron chi connectivity index (χ2n) is 10.7. The van der Waals surface area contributed by atoms with Crippen LogP contribution in [0, 0.1) is 24.2 Å². The number of terminal acetylenes is 1. The number of nitrogens with one attached hydrogen (secondary N) is 1. The lowest BCUT2D eigenvalue weighted by Gasteiger charge is -2.41. The standard InChI is InChI=1S/C34H47NO5/c1-8-10-20-38-28(7)35-30-23-33(40-32(13-9-2)27(30)6)31(36)16-11-14-24(3)21-26(5)22-25(4)18-19-29-15-12-17-34(37)39-29/h1,9,11-14,16-19,22,26-27,29-33,35-36H,7,10,15,20-21,23H2,2-6H3/b13-9+,16-11+,19-18+,24-14+,25-22-/t26-,27+,29-,30?,31-,32+,33+/m1/s1. The Hall–Kier alpha value is -3.27. The highest BCUT2D eigenvalue weighted by Gasteiger charge is 2.37. The Balaban J connectivity index is 1.92. The number of cyclic esters (lactones) is 1. The number of aliphatic hydroxyl groups excluding tert-OH is 1. The van der Waals surface area contributed by atoms with Crippen LogP contribution >= 0.6 is 0 Å². The first-order valence-corrected chi connectivity index (χ1v) is 14.2. The van der Waals surface area contributed by atoms with Gasteiger partial charge >= 0.3 is 5.97 Å². The van der Waals surface area contributed by atoms with Crippen LogP contribution in [0.1, 0.15) is 60.3 Å². The Bertz CT molecular complexity index is 1060. The molecular formula is C34H47NO5. The molecule has 2 rings (SSSR count). The van der Waals surface area contributed by atoms with E-state index in [0.29, 0.717) is 37.7 Å². The Kier molecular flexibility index (Phi) is 14.4. The molecule has 7 atom stereocenters. The molecule has 0 aromatic carbocycles. The van der Waals surface area contributed by atoms with E-state index >= 15 is 0 Å². The predicted octanol–water partition coefficient (Wildman–Crippen LogP) is 6.09. The van der Waals surface area contributed by atoms with Gasteiger partial charge < -0.3 is 24.6 Å². The summed E-state index contributed by atoms with van der Waals surface area (Å²) in [4.78, 5) is 11.4. The third kappa shape index (κ3) is 11.9. The summed E-state index contributed by atoms with van der Waals surface area (Å²) in [7, 11) is 0. The monoisotopic (exact) mass is 549 g/mol. The maximum atomic E-state index is 11.4. The van der Waals surface area contributed by atoms with Crippen LogP contribution in [0.2, 0.25) is 0 Å². The lowest BCUT2D eigenvalue weighted by atomic mass is 9.86. The van der Waals surface area contributed by atoms with E-state index in [9.17, 15) is 9.90 Å². The fourth-order valence-corrected chi connectivity index (χ4v) is 4.89. The van der Waals surface area contributed by atoms with Crippen LogP contribution in [-0.4, -0.2) is 48.1 Å². The summed E-state index contributed by atoms with van der Waals surface area (Å²) in [5.41, 5.74) is 2.34. The van der Waals surface area contributed by atoms with E-state index < -0.39 is 6.10 Å². The summed E-state index contributed by atoms with van der Waals surface area (Å²) in [6.07, 6.45) is 25.8. The van der Waals surface area contributed by atoms with Crippen molar-refractivity contribution >= 4 is 5.97 Å². The van der Waals surface area contributed by atoms with E-state index in [4.69, 9.17) is 20.6 Å². The SMILES string of the molecule is C#CCCOC(=C)NC1C[C@@H]([C@H](O)/C=C/C=C(\C)C[C@@H](C)/C=C(C)\C=C\[C@H]2CC=CC(=O)O2)O[C@@H](/C=C/C)[C@H]1C. The number of esters is 1. The quantitative estimate of drug-likeness (QED) is 0.0682. The van der Waals surface area contributed by atoms with Crippen LogP contribution in [0.15, 0.2) is 84.4 Å². The van der Waals surface area contributed by atoms with Gasteiger partial charge in [-0.3, -0.25) is 0 Å². The molecule has 6 heteroatoms. The Morgan fingerprint density at radius 3 is 2.85 bits per heavy atom. The molecule has 0 aromatic rings. The van der Waals surface area contributed by atoms with Gasteiger partial charge in [0.1, 0.15) is 12.7 Å². The first-order valence-electron chi connectivity index (χ1n) is 14.2. The number of allylic oxidation sites excluding steroid dienone is 7. The first kappa shape index (κ1) is 32.9. The molecule has 0 aromatic heterocycles. The van der Waals surface area contributed by atoms with Gasteiger partial charge in [0.15, 0.2) is 5.88 Å². The molecule has 0 amide bonds. The van der Waals surface area contributed by atoms with Crippen LogP contribution in [0.4, 0.5) is 0 Å². The molecule has 1 unspecified atom stereocenters. The van der Waals surface area contributed by atoms with Crippen LogP contribution in [0.5, 0.6) is 0 Å². The molecule has 0 aliphatic carbocycles. The minimum Gasteiger partial charge on any atom is -0.479 e. The van der Waals surface area contributed by atoms with Crippen molar-refractivity contribution in [1.29, 1.82) is 0 Å². The lowest BCUT2D eigenvalue weighted by Crippen LogP contribution is -2.51. The molecule has 2 heterocycles. The highest BCUT2D eigenvalue weighted by molar-refractivity contribution is 5.82. The molecule has 2 N–H and O–H groups in total. The van der Waals surface area contributed by atoms with Crippen molar-refractivity contribution in [3.63, 3.8) is 0 Å². The van der Waals surface area contributed by atoms with Crippen LogP contribution in [0.3, 0.4) is 0 Å². The van der Waals surface area contributed by atoms with E-state index in [0.717, 1.165) is 12.0 Å². The van der Waals surface area contributed by atoms with Gasteiger partial charge in [-0.2, -0.15) is 0 Å². The van der Waals surface area contributed by atoms with E-state index in [2.05, 4.69) is 51.6 Å². The molecule has 218 valence electrons. The molecule has 2 aliphatic rings. The Morgan fingerprint density at radius 2 is 2.15 bits per heavy atom. The molecule has 0 bridgehead atoms. The first-order chi connectivity index (χ1) is 19.1. The zero-order chi connectivity index (χ0) is 29.5. The van der Waals surface area contributed by atoms with Gasteiger partial charge in [-0.15, -0.1) is 12.3 Å². The van der Waals surface area contributed by atoms with Crippen molar-refractivity contribution in [2.45, 2.75) is 90.8 Å². The predicted molar refractivity (Wildman–Crippen MR) is 162 cm³/mol. The molecule has 2 aliphatic heterocycles. The average Bonchev–Trinajstić information content (AvgIpc) is 2.89. The Morgan fingerprint density at radius 1 is 1.38 bits per heavy atom. The van der Waals surface area contributed by atoms with Gasteiger partial charge in [-0.25, -0.2) is 4.79 Å². The third-order valence-corrected chi connectivity index (χ3v) is 6.95. The summed E-state index contributed by atoms with van der Waals surface area (Å²) < 4.78 is 17.1. The number of rotatable bonds is 14. The number of carbonyl (C=O) groups is 1. The maximum Gasteiger partial charge on any atom is 0.331 e. The third-order valence-electron chi connectivity index (χ3n) is 6.95. The van der Waals surface area contributed by atoms with E-state index in [1.807, 2.05) is 49.5 Å². The smallest absolute Gasteiger partial charge is 0.331 e. The van der Waals surface area contributed by atoms with Crippen molar-refractivity contribution in [2.24, 2.45) is 11.8 Å². The molecule has 0 saturated carbocycles. The number of ether oxygens (including phenoxy) is 3. The lowest BCUT2D eigenvalue weighted by molar-refractivity contribution is -0.141.